The Balaban J connectivity index is 2.77. The van der Waals surface area contributed by atoms with Crippen molar-refractivity contribution in [1.29, 1.82) is 0 Å². The zero-order valence-electron chi connectivity index (χ0n) is 10.2. The topological polar surface area (TPSA) is 35.5 Å². The molecule has 3 heteroatoms. The normalized spacial score (nSPS) is 10.6. The van der Waals surface area contributed by atoms with Crippen molar-refractivity contribution < 1.29 is 14.3 Å². The van der Waals surface area contributed by atoms with Crippen LogP contribution in [-0.2, 0) is 4.74 Å². The monoisotopic (exact) mass is 222 g/mol. The number of hydrogen-bond acceptors (Lipinski definition) is 3. The minimum atomic E-state index is -0.316. The maximum atomic E-state index is 11.6. The molecule has 0 radical (unpaired) electrons. The molecule has 0 spiro atoms. The Hall–Kier alpha value is -1.51. The van der Waals surface area contributed by atoms with Gasteiger partial charge in [-0.15, -0.1) is 0 Å². The van der Waals surface area contributed by atoms with E-state index in [1.807, 2.05) is 33.8 Å². The first-order valence-electron chi connectivity index (χ1n) is 5.46. The molecule has 88 valence electrons. The van der Waals surface area contributed by atoms with Gasteiger partial charge in [-0.3, -0.25) is 0 Å². The van der Waals surface area contributed by atoms with E-state index in [9.17, 15) is 4.79 Å². The zero-order valence-corrected chi connectivity index (χ0v) is 10.2. The van der Waals surface area contributed by atoms with Gasteiger partial charge >= 0.3 is 5.97 Å². The number of benzene rings is 1. The Kier molecular flexibility index (Phi) is 4.35. The van der Waals surface area contributed by atoms with Gasteiger partial charge in [-0.25, -0.2) is 4.79 Å². The van der Waals surface area contributed by atoms with E-state index < -0.39 is 0 Å². The second-order valence-electron chi connectivity index (χ2n) is 4.15. The average molecular weight is 222 g/mol. The zero-order chi connectivity index (χ0) is 12.1. The Bertz CT molecular complexity index is 356. The maximum absolute atomic E-state index is 11.6. The predicted octanol–water partition coefficient (Wildman–Crippen LogP) is 3.04. The van der Waals surface area contributed by atoms with Gasteiger partial charge in [0.25, 0.3) is 0 Å². The molecule has 0 unspecified atom stereocenters. The third-order valence-corrected chi connectivity index (χ3v) is 1.78. The molecule has 0 aliphatic carbocycles. The van der Waals surface area contributed by atoms with Gasteiger partial charge in [0.1, 0.15) is 5.75 Å². The molecule has 1 aromatic rings. The van der Waals surface area contributed by atoms with Crippen molar-refractivity contribution in [1.82, 2.24) is 0 Å². The van der Waals surface area contributed by atoms with Crippen molar-refractivity contribution in [2.24, 2.45) is 0 Å². The first-order valence-corrected chi connectivity index (χ1v) is 5.46. The molecule has 0 atom stereocenters. The molecule has 0 N–H and O–H groups in total. The van der Waals surface area contributed by atoms with Crippen LogP contribution in [0.3, 0.4) is 0 Å². The van der Waals surface area contributed by atoms with E-state index in [0.29, 0.717) is 11.3 Å². The van der Waals surface area contributed by atoms with Gasteiger partial charge < -0.3 is 9.47 Å². The van der Waals surface area contributed by atoms with Crippen molar-refractivity contribution in [2.45, 2.75) is 39.9 Å². The lowest BCUT2D eigenvalue weighted by Gasteiger charge is -2.11. The van der Waals surface area contributed by atoms with Crippen molar-refractivity contribution in [3.63, 3.8) is 0 Å². The number of ether oxygens (including phenoxy) is 2. The molecule has 0 saturated carbocycles. The van der Waals surface area contributed by atoms with Crippen molar-refractivity contribution >= 4 is 5.97 Å². The molecule has 3 nitrogen and oxygen atoms in total. The highest BCUT2D eigenvalue weighted by Crippen LogP contribution is 2.16. The standard InChI is InChI=1S/C13H18O3/c1-9(2)15-12-7-5-6-11(8-12)13(14)16-10(3)4/h5-10H,1-4H3. The lowest BCUT2D eigenvalue weighted by molar-refractivity contribution is 0.0377. The van der Waals surface area contributed by atoms with Crippen molar-refractivity contribution in [3.8, 4) is 5.75 Å². The highest BCUT2D eigenvalue weighted by atomic mass is 16.5. The largest absolute Gasteiger partial charge is 0.491 e. The molecule has 0 aromatic heterocycles. The molecule has 0 amide bonds. The van der Waals surface area contributed by atoms with E-state index >= 15 is 0 Å². The first-order chi connectivity index (χ1) is 7.49. The van der Waals surface area contributed by atoms with Crippen LogP contribution < -0.4 is 4.74 Å². The van der Waals surface area contributed by atoms with Crippen LogP contribution in [0.15, 0.2) is 24.3 Å². The summed E-state index contributed by atoms with van der Waals surface area (Å²) in [5.74, 6) is 0.373. The fourth-order valence-electron chi connectivity index (χ4n) is 1.25. The fraction of sp³-hybridized carbons (Fsp3) is 0.462. The molecular weight excluding hydrogens is 204 g/mol. The molecule has 1 aromatic carbocycles. The van der Waals surface area contributed by atoms with E-state index in [1.165, 1.54) is 0 Å². The third-order valence-electron chi connectivity index (χ3n) is 1.78. The summed E-state index contributed by atoms with van der Waals surface area (Å²) >= 11 is 0. The summed E-state index contributed by atoms with van der Waals surface area (Å²) in [5.41, 5.74) is 0.520. The maximum Gasteiger partial charge on any atom is 0.338 e. The second-order valence-corrected chi connectivity index (χ2v) is 4.15. The van der Waals surface area contributed by atoms with Crippen LogP contribution in [0.1, 0.15) is 38.1 Å². The van der Waals surface area contributed by atoms with Crippen LogP contribution in [0.5, 0.6) is 5.75 Å². The number of hydrogen-bond donors (Lipinski definition) is 0. The van der Waals surface area contributed by atoms with Crippen molar-refractivity contribution in [2.75, 3.05) is 0 Å². The van der Waals surface area contributed by atoms with Crippen LogP contribution in [0.4, 0.5) is 0 Å². The summed E-state index contributed by atoms with van der Waals surface area (Å²) in [7, 11) is 0. The van der Waals surface area contributed by atoms with Crippen LogP contribution >= 0.6 is 0 Å². The minimum Gasteiger partial charge on any atom is -0.491 e. The number of esters is 1. The summed E-state index contributed by atoms with van der Waals surface area (Å²) in [6, 6.07) is 7.03. The van der Waals surface area contributed by atoms with Crippen LogP contribution in [0, 0.1) is 0 Å². The number of carbonyl (C=O) groups is 1. The van der Waals surface area contributed by atoms with Crippen LogP contribution in [-0.4, -0.2) is 18.2 Å². The summed E-state index contributed by atoms with van der Waals surface area (Å²) in [4.78, 5) is 11.6. The molecule has 0 aliphatic rings. The second kappa shape index (κ2) is 5.54. The van der Waals surface area contributed by atoms with Gasteiger partial charge in [0.15, 0.2) is 0 Å². The molecule has 1 rings (SSSR count). The Morgan fingerprint density at radius 2 is 1.81 bits per heavy atom. The Labute approximate surface area is 96.4 Å². The minimum absolute atomic E-state index is 0.0939. The fourth-order valence-corrected chi connectivity index (χ4v) is 1.25. The summed E-state index contributed by atoms with van der Waals surface area (Å²) < 4.78 is 10.6. The van der Waals surface area contributed by atoms with Gasteiger partial charge in [-0.1, -0.05) is 6.07 Å². The number of rotatable bonds is 4. The number of carbonyl (C=O) groups excluding carboxylic acids is 1. The highest BCUT2D eigenvalue weighted by molar-refractivity contribution is 5.89. The van der Waals surface area contributed by atoms with E-state index in [0.717, 1.165) is 0 Å². The lowest BCUT2D eigenvalue weighted by Crippen LogP contribution is -2.12. The van der Waals surface area contributed by atoms with E-state index in [-0.39, 0.29) is 18.2 Å². The summed E-state index contributed by atoms with van der Waals surface area (Å²) in [5, 5.41) is 0. The molecule has 0 saturated heterocycles. The van der Waals surface area contributed by atoms with Crippen LogP contribution in [0.2, 0.25) is 0 Å². The third kappa shape index (κ3) is 3.93. The van der Waals surface area contributed by atoms with E-state index in [4.69, 9.17) is 9.47 Å². The molecule has 0 bridgehead atoms. The van der Waals surface area contributed by atoms with E-state index in [1.54, 1.807) is 18.2 Å². The first kappa shape index (κ1) is 12.6. The Morgan fingerprint density at radius 3 is 2.38 bits per heavy atom. The molecule has 0 heterocycles. The molecule has 0 fully saturated rings. The van der Waals surface area contributed by atoms with Crippen LogP contribution in [0.25, 0.3) is 0 Å². The average Bonchev–Trinajstić information content (AvgIpc) is 2.16. The van der Waals surface area contributed by atoms with Gasteiger partial charge in [0.05, 0.1) is 17.8 Å². The van der Waals surface area contributed by atoms with E-state index in [2.05, 4.69) is 0 Å². The van der Waals surface area contributed by atoms with Gasteiger partial charge in [0, 0.05) is 0 Å². The predicted molar refractivity (Wildman–Crippen MR) is 62.8 cm³/mol. The van der Waals surface area contributed by atoms with Crippen molar-refractivity contribution in [3.05, 3.63) is 29.8 Å². The lowest BCUT2D eigenvalue weighted by atomic mass is 10.2. The summed E-state index contributed by atoms with van der Waals surface area (Å²) in [6.07, 6.45) is -0.0152. The van der Waals surface area contributed by atoms with Gasteiger partial charge in [-0.05, 0) is 45.9 Å². The van der Waals surface area contributed by atoms with Gasteiger partial charge in [-0.2, -0.15) is 0 Å². The Morgan fingerprint density at radius 1 is 1.12 bits per heavy atom. The summed E-state index contributed by atoms with van der Waals surface area (Å²) in [6.45, 7) is 7.54. The molecular formula is C13H18O3. The highest BCUT2D eigenvalue weighted by Gasteiger charge is 2.10. The molecule has 16 heavy (non-hydrogen) atoms. The van der Waals surface area contributed by atoms with Gasteiger partial charge in [0.2, 0.25) is 0 Å². The quantitative estimate of drug-likeness (QED) is 0.734. The SMILES string of the molecule is CC(C)OC(=O)c1cccc(OC(C)C)c1. The smallest absolute Gasteiger partial charge is 0.338 e. The molecule has 0 aliphatic heterocycles.